The summed E-state index contributed by atoms with van der Waals surface area (Å²) in [6, 6.07) is 27.9. The Hall–Kier alpha value is -4.43. The maximum atomic E-state index is 13.9. The van der Waals surface area contributed by atoms with Gasteiger partial charge in [0.05, 0.1) is 11.1 Å². The van der Waals surface area contributed by atoms with Gasteiger partial charge in [-0.15, -0.1) is 11.8 Å². The summed E-state index contributed by atoms with van der Waals surface area (Å²) in [5, 5.41) is 14.0. The van der Waals surface area contributed by atoms with E-state index < -0.39 is 22.9 Å². The number of carboxylic acids is 1. The molecule has 3 N–H and O–H groups in total. The van der Waals surface area contributed by atoms with Gasteiger partial charge in [-0.3, -0.25) is 9.59 Å². The molecule has 0 aliphatic rings. The molecule has 0 spiro atoms. The number of hydrogen-bond acceptors (Lipinski definition) is 4. The summed E-state index contributed by atoms with van der Waals surface area (Å²) in [6.07, 6.45) is 0. The fourth-order valence-electron chi connectivity index (χ4n) is 3.40. The first-order chi connectivity index (χ1) is 17.4. The summed E-state index contributed by atoms with van der Waals surface area (Å²) < 4.78 is 13.9. The summed E-state index contributed by atoms with van der Waals surface area (Å²) in [6.45, 7) is 0. The van der Waals surface area contributed by atoms with E-state index in [-0.39, 0.29) is 17.0 Å². The van der Waals surface area contributed by atoms with Crippen LogP contribution in [0.1, 0.15) is 31.5 Å². The van der Waals surface area contributed by atoms with Crippen molar-refractivity contribution >= 4 is 40.9 Å². The van der Waals surface area contributed by atoms with Crippen molar-refractivity contribution < 1.29 is 23.9 Å². The van der Waals surface area contributed by atoms with Gasteiger partial charge in [0.1, 0.15) is 11.1 Å². The summed E-state index contributed by atoms with van der Waals surface area (Å²) >= 11 is 1.32. The number of halogens is 1. The number of aromatic carboxylic acids is 1. The topological polar surface area (TPSA) is 95.5 Å². The highest BCUT2D eigenvalue weighted by Gasteiger charge is 2.22. The van der Waals surface area contributed by atoms with Gasteiger partial charge in [-0.25, -0.2) is 9.18 Å². The molecule has 2 amide bonds. The lowest BCUT2D eigenvalue weighted by molar-refractivity contribution is -0.115. The van der Waals surface area contributed by atoms with Crippen LogP contribution in [0.15, 0.2) is 108 Å². The van der Waals surface area contributed by atoms with Gasteiger partial charge in [0.15, 0.2) is 0 Å². The number of thioether (sulfide) groups is 1. The van der Waals surface area contributed by atoms with Gasteiger partial charge in [0.25, 0.3) is 5.91 Å². The minimum absolute atomic E-state index is 0.0480. The minimum Gasteiger partial charge on any atom is -0.478 e. The maximum Gasteiger partial charge on any atom is 0.335 e. The highest BCUT2D eigenvalue weighted by molar-refractivity contribution is 8.00. The van der Waals surface area contributed by atoms with E-state index in [9.17, 15) is 18.8 Å². The molecular formula is C28H21FN2O4S. The Morgan fingerprint density at radius 2 is 1.31 bits per heavy atom. The Labute approximate surface area is 211 Å². The van der Waals surface area contributed by atoms with Gasteiger partial charge in [-0.2, -0.15) is 0 Å². The van der Waals surface area contributed by atoms with Crippen LogP contribution in [0.3, 0.4) is 0 Å². The van der Waals surface area contributed by atoms with E-state index in [1.165, 1.54) is 42.1 Å². The molecule has 0 radical (unpaired) electrons. The molecule has 1 unspecified atom stereocenters. The fourth-order valence-corrected chi connectivity index (χ4v) is 4.43. The van der Waals surface area contributed by atoms with Crippen molar-refractivity contribution in [3.63, 3.8) is 0 Å². The van der Waals surface area contributed by atoms with E-state index in [2.05, 4.69) is 10.6 Å². The predicted molar refractivity (Wildman–Crippen MR) is 138 cm³/mol. The second kappa shape index (κ2) is 11.3. The van der Waals surface area contributed by atoms with E-state index in [1.54, 1.807) is 42.5 Å². The number of benzene rings is 4. The van der Waals surface area contributed by atoms with Gasteiger partial charge in [0.2, 0.25) is 5.91 Å². The minimum atomic E-state index is -1.04. The van der Waals surface area contributed by atoms with Crippen molar-refractivity contribution in [3.05, 3.63) is 126 Å². The third-order valence-corrected chi connectivity index (χ3v) is 6.49. The number of anilines is 2. The monoisotopic (exact) mass is 500 g/mol. The van der Waals surface area contributed by atoms with E-state index in [4.69, 9.17) is 5.11 Å². The van der Waals surface area contributed by atoms with E-state index in [0.717, 1.165) is 10.5 Å². The first-order valence-electron chi connectivity index (χ1n) is 10.9. The van der Waals surface area contributed by atoms with Crippen LogP contribution in [0.4, 0.5) is 15.8 Å². The zero-order chi connectivity index (χ0) is 25.5. The maximum absolute atomic E-state index is 13.9. The van der Waals surface area contributed by atoms with Crippen molar-refractivity contribution in [1.29, 1.82) is 0 Å². The predicted octanol–water partition coefficient (Wildman–Crippen LogP) is 6.25. The number of amides is 2. The molecule has 1 atom stereocenters. The SMILES string of the molecule is O=C(O)c1ccc(NC(=O)C(Sc2ccc(NC(=O)c3ccccc3F)cc2)c2ccccc2)cc1. The van der Waals surface area contributed by atoms with Crippen LogP contribution in [-0.4, -0.2) is 22.9 Å². The van der Waals surface area contributed by atoms with Crippen molar-refractivity contribution in [2.24, 2.45) is 0 Å². The Kier molecular flexibility index (Phi) is 7.77. The number of carbonyl (C=O) groups is 3. The Morgan fingerprint density at radius 3 is 1.94 bits per heavy atom. The van der Waals surface area contributed by atoms with Crippen molar-refractivity contribution in [2.45, 2.75) is 10.1 Å². The van der Waals surface area contributed by atoms with Gasteiger partial charge >= 0.3 is 5.97 Å². The standard InChI is InChI=1S/C28H21FN2O4S/c29-24-9-5-4-8-23(24)26(32)30-21-14-16-22(17-15-21)36-25(18-6-2-1-3-7-18)27(33)31-20-12-10-19(11-13-20)28(34)35/h1-17,25H,(H,30,32)(H,31,33)(H,34,35). The van der Waals surface area contributed by atoms with Crippen molar-refractivity contribution in [3.8, 4) is 0 Å². The van der Waals surface area contributed by atoms with Gasteiger partial charge in [-0.1, -0.05) is 42.5 Å². The number of rotatable bonds is 8. The highest BCUT2D eigenvalue weighted by Crippen LogP contribution is 2.36. The smallest absolute Gasteiger partial charge is 0.335 e. The first-order valence-corrected chi connectivity index (χ1v) is 11.8. The van der Waals surface area contributed by atoms with E-state index in [1.807, 2.05) is 30.3 Å². The summed E-state index contributed by atoms with van der Waals surface area (Å²) in [4.78, 5) is 37.4. The molecule has 180 valence electrons. The number of carbonyl (C=O) groups excluding carboxylic acids is 2. The lowest BCUT2D eigenvalue weighted by atomic mass is 10.1. The molecule has 0 fully saturated rings. The molecule has 0 aliphatic heterocycles. The lowest BCUT2D eigenvalue weighted by Crippen LogP contribution is -2.19. The number of nitrogens with one attached hydrogen (secondary N) is 2. The zero-order valence-corrected chi connectivity index (χ0v) is 19.7. The second-order valence-corrected chi connectivity index (χ2v) is 8.92. The molecule has 0 aromatic heterocycles. The average Bonchev–Trinajstić information content (AvgIpc) is 2.89. The second-order valence-electron chi connectivity index (χ2n) is 7.74. The summed E-state index contributed by atoms with van der Waals surface area (Å²) in [5.41, 5.74) is 1.85. The average molecular weight is 501 g/mol. The molecule has 0 aliphatic carbocycles. The van der Waals surface area contributed by atoms with Crippen LogP contribution in [-0.2, 0) is 4.79 Å². The third kappa shape index (κ3) is 6.17. The molecule has 4 rings (SSSR count). The molecule has 6 nitrogen and oxygen atoms in total. The molecular weight excluding hydrogens is 479 g/mol. The summed E-state index contributed by atoms with van der Waals surface area (Å²) in [5.74, 6) is -2.47. The number of hydrogen-bond donors (Lipinski definition) is 3. The van der Waals surface area contributed by atoms with E-state index >= 15 is 0 Å². The molecule has 36 heavy (non-hydrogen) atoms. The Morgan fingerprint density at radius 1 is 0.722 bits per heavy atom. The van der Waals surface area contributed by atoms with Crippen LogP contribution >= 0.6 is 11.8 Å². The van der Waals surface area contributed by atoms with Crippen LogP contribution < -0.4 is 10.6 Å². The van der Waals surface area contributed by atoms with Crippen LogP contribution in [0.25, 0.3) is 0 Å². The highest BCUT2D eigenvalue weighted by atomic mass is 32.2. The quantitative estimate of drug-likeness (QED) is 0.249. The van der Waals surface area contributed by atoms with Crippen LogP contribution in [0.2, 0.25) is 0 Å². The fraction of sp³-hybridized carbons (Fsp3) is 0.0357. The Balaban J connectivity index is 1.48. The normalized spacial score (nSPS) is 11.4. The molecule has 0 heterocycles. The molecule has 0 saturated carbocycles. The molecule has 0 saturated heterocycles. The van der Waals surface area contributed by atoms with Crippen LogP contribution in [0, 0.1) is 5.82 Å². The molecule has 0 bridgehead atoms. The zero-order valence-electron chi connectivity index (χ0n) is 18.9. The Bertz CT molecular complexity index is 1380. The van der Waals surface area contributed by atoms with Crippen molar-refractivity contribution in [1.82, 2.24) is 0 Å². The van der Waals surface area contributed by atoms with Crippen LogP contribution in [0.5, 0.6) is 0 Å². The van der Waals surface area contributed by atoms with Gasteiger partial charge < -0.3 is 15.7 Å². The number of carboxylic acid groups (broad SMARTS) is 1. The van der Waals surface area contributed by atoms with Gasteiger partial charge in [-0.05, 0) is 66.2 Å². The van der Waals surface area contributed by atoms with Crippen molar-refractivity contribution in [2.75, 3.05) is 10.6 Å². The molecule has 4 aromatic carbocycles. The first kappa shape index (κ1) is 24.7. The molecule has 4 aromatic rings. The largest absolute Gasteiger partial charge is 0.478 e. The third-order valence-electron chi connectivity index (χ3n) is 5.22. The van der Waals surface area contributed by atoms with E-state index in [0.29, 0.717) is 11.4 Å². The molecule has 8 heteroatoms. The van der Waals surface area contributed by atoms with Gasteiger partial charge in [0, 0.05) is 16.3 Å². The lowest BCUT2D eigenvalue weighted by Gasteiger charge is -2.17. The summed E-state index contributed by atoms with van der Waals surface area (Å²) in [7, 11) is 0.